The summed E-state index contributed by atoms with van der Waals surface area (Å²) < 4.78 is 22.9. The fraction of sp³-hybridized carbons (Fsp3) is 0.125. The molecule has 10 heteroatoms. The highest BCUT2D eigenvalue weighted by Gasteiger charge is 2.15. The number of rotatable bonds is 6. The van der Waals surface area contributed by atoms with E-state index in [1.807, 2.05) is 0 Å². The van der Waals surface area contributed by atoms with Crippen molar-refractivity contribution in [2.75, 3.05) is 0 Å². The van der Waals surface area contributed by atoms with Gasteiger partial charge in [-0.3, -0.25) is 30.6 Å². The molecule has 0 bridgehead atoms. The minimum Gasteiger partial charge on any atom is -0.481 e. The first-order valence-corrected chi connectivity index (χ1v) is 7.29. The summed E-state index contributed by atoms with van der Waals surface area (Å²) in [6.45, 7) is 1.45. The van der Waals surface area contributed by atoms with E-state index in [2.05, 4.69) is 10.9 Å². The zero-order valence-electron chi connectivity index (χ0n) is 13.5. The second-order valence-corrected chi connectivity index (χ2v) is 4.96. The molecule has 0 unspecified atom stereocenters. The lowest BCUT2D eigenvalue weighted by molar-refractivity contribution is -0.402. The van der Waals surface area contributed by atoms with Crippen LogP contribution in [-0.4, -0.2) is 22.8 Å². The minimum absolute atomic E-state index is 0.103. The molecule has 1 aromatic heterocycles. The van der Waals surface area contributed by atoms with Gasteiger partial charge in [-0.25, -0.2) is 4.39 Å². The van der Waals surface area contributed by atoms with E-state index in [1.54, 1.807) is 0 Å². The quantitative estimate of drug-likeness (QED) is 0.459. The number of carbonyl (C=O) groups is 2. The highest BCUT2D eigenvalue weighted by atomic mass is 19.1. The van der Waals surface area contributed by atoms with Crippen molar-refractivity contribution >= 4 is 23.8 Å². The van der Waals surface area contributed by atoms with E-state index in [-0.39, 0.29) is 5.76 Å². The number of nitrogens with one attached hydrogen (secondary N) is 2. The molecular weight excluding hydrogens is 349 g/mol. The van der Waals surface area contributed by atoms with Crippen LogP contribution >= 0.6 is 0 Å². The minimum atomic E-state index is -0.947. The fourth-order valence-electron chi connectivity index (χ4n) is 1.73. The predicted molar refractivity (Wildman–Crippen MR) is 87.2 cm³/mol. The molecule has 0 aliphatic carbocycles. The van der Waals surface area contributed by atoms with Gasteiger partial charge < -0.3 is 9.15 Å². The van der Waals surface area contributed by atoms with Gasteiger partial charge in [0, 0.05) is 6.08 Å². The lowest BCUT2D eigenvalue weighted by Gasteiger charge is -2.14. The second-order valence-electron chi connectivity index (χ2n) is 4.96. The van der Waals surface area contributed by atoms with Gasteiger partial charge in [0.1, 0.15) is 22.3 Å². The van der Waals surface area contributed by atoms with Gasteiger partial charge in [0.2, 0.25) is 0 Å². The molecule has 0 saturated heterocycles. The third kappa shape index (κ3) is 5.44. The molecule has 0 saturated carbocycles. The molecule has 1 aromatic carbocycles. The number of amides is 2. The fourth-order valence-corrected chi connectivity index (χ4v) is 1.73. The summed E-state index contributed by atoms with van der Waals surface area (Å²) in [4.78, 5) is 33.2. The van der Waals surface area contributed by atoms with Gasteiger partial charge in [-0.05, 0) is 43.3 Å². The maximum atomic E-state index is 12.8. The zero-order chi connectivity index (χ0) is 19.1. The Morgan fingerprint density at radius 2 is 1.92 bits per heavy atom. The molecule has 26 heavy (non-hydrogen) atoms. The average molecular weight is 363 g/mol. The normalized spacial score (nSPS) is 11.8. The van der Waals surface area contributed by atoms with Gasteiger partial charge in [0.05, 0.1) is 6.07 Å². The summed E-state index contributed by atoms with van der Waals surface area (Å²) in [5.41, 5.74) is 4.26. The molecule has 0 radical (unpaired) electrons. The van der Waals surface area contributed by atoms with E-state index in [4.69, 9.17) is 9.15 Å². The molecule has 2 rings (SSSR count). The topological polar surface area (TPSA) is 124 Å². The number of nitro groups is 1. The summed E-state index contributed by atoms with van der Waals surface area (Å²) in [6, 6.07) is 7.57. The third-order valence-corrected chi connectivity index (χ3v) is 3.00. The third-order valence-electron chi connectivity index (χ3n) is 3.00. The Bertz CT molecular complexity index is 831. The first-order valence-electron chi connectivity index (χ1n) is 7.29. The number of ether oxygens (including phenoxy) is 1. The van der Waals surface area contributed by atoms with Crippen molar-refractivity contribution in [2.45, 2.75) is 13.0 Å². The van der Waals surface area contributed by atoms with Gasteiger partial charge >= 0.3 is 5.88 Å². The highest BCUT2D eigenvalue weighted by molar-refractivity contribution is 5.93. The summed E-state index contributed by atoms with van der Waals surface area (Å²) in [7, 11) is 0. The molecule has 136 valence electrons. The van der Waals surface area contributed by atoms with Crippen molar-refractivity contribution in [3.8, 4) is 5.75 Å². The van der Waals surface area contributed by atoms with E-state index < -0.39 is 34.5 Å². The van der Waals surface area contributed by atoms with Crippen LogP contribution in [0.4, 0.5) is 10.3 Å². The van der Waals surface area contributed by atoms with Crippen LogP contribution in [0, 0.1) is 15.9 Å². The van der Waals surface area contributed by atoms with Crippen LogP contribution < -0.4 is 15.6 Å². The van der Waals surface area contributed by atoms with Gasteiger partial charge in [-0.1, -0.05) is 0 Å². The second kappa shape index (κ2) is 8.42. The molecule has 0 aliphatic rings. The number of nitrogens with zero attached hydrogens (tertiary/aromatic N) is 1. The number of halogens is 1. The monoisotopic (exact) mass is 363 g/mol. The lowest BCUT2D eigenvalue weighted by Crippen LogP contribution is -2.46. The van der Waals surface area contributed by atoms with Gasteiger partial charge in [-0.2, -0.15) is 0 Å². The molecular formula is C16H14FN3O6. The SMILES string of the molecule is C[C@@H](Oc1ccc(F)cc1)C(=O)NNC(=O)/C=C/c1ccc([N+](=O)[O-])o1. The largest absolute Gasteiger partial charge is 0.481 e. The highest BCUT2D eigenvalue weighted by Crippen LogP contribution is 2.16. The summed E-state index contributed by atoms with van der Waals surface area (Å²) in [5.74, 6) is -1.82. The van der Waals surface area contributed by atoms with E-state index >= 15 is 0 Å². The van der Waals surface area contributed by atoms with E-state index in [0.29, 0.717) is 5.75 Å². The lowest BCUT2D eigenvalue weighted by atomic mass is 10.3. The molecule has 0 aliphatic heterocycles. The van der Waals surface area contributed by atoms with E-state index in [9.17, 15) is 24.1 Å². The van der Waals surface area contributed by atoms with Crippen molar-refractivity contribution in [1.29, 1.82) is 0 Å². The van der Waals surface area contributed by atoms with Crippen molar-refractivity contribution in [3.05, 3.63) is 64.2 Å². The molecule has 1 heterocycles. The number of furan rings is 1. The predicted octanol–water partition coefficient (Wildman–Crippen LogP) is 1.95. The van der Waals surface area contributed by atoms with Crippen molar-refractivity contribution in [3.63, 3.8) is 0 Å². The Morgan fingerprint density at radius 1 is 1.23 bits per heavy atom. The molecule has 1 atom stereocenters. The zero-order valence-corrected chi connectivity index (χ0v) is 13.5. The molecule has 9 nitrogen and oxygen atoms in total. The molecule has 2 aromatic rings. The average Bonchev–Trinajstić information content (AvgIpc) is 3.09. The number of carbonyl (C=O) groups excluding carboxylic acids is 2. The van der Waals surface area contributed by atoms with E-state index in [0.717, 1.165) is 12.1 Å². The standard InChI is InChI=1S/C16H14FN3O6/c1-10(25-12-4-2-11(17)3-5-12)16(22)19-18-14(21)8-6-13-7-9-15(26-13)20(23)24/h2-10H,1H3,(H,18,21)(H,19,22)/b8-6+/t10-/m1/s1. The van der Waals surface area contributed by atoms with Crippen LogP contribution in [0.3, 0.4) is 0 Å². The van der Waals surface area contributed by atoms with Crippen LogP contribution in [0.2, 0.25) is 0 Å². The van der Waals surface area contributed by atoms with Crippen LogP contribution in [0.25, 0.3) is 6.08 Å². The first-order chi connectivity index (χ1) is 12.3. The number of benzene rings is 1. The number of hydrogen-bond donors (Lipinski definition) is 2. The van der Waals surface area contributed by atoms with Crippen molar-refractivity contribution < 1.29 is 28.1 Å². The summed E-state index contributed by atoms with van der Waals surface area (Å²) >= 11 is 0. The van der Waals surface area contributed by atoms with Gasteiger partial charge in [0.15, 0.2) is 6.10 Å². The number of hydrogen-bond acceptors (Lipinski definition) is 6. The summed E-state index contributed by atoms with van der Waals surface area (Å²) in [5, 5.41) is 10.5. The van der Waals surface area contributed by atoms with Crippen LogP contribution in [0.15, 0.2) is 46.9 Å². The first kappa shape index (κ1) is 18.6. The Labute approximate surface area is 146 Å². The van der Waals surface area contributed by atoms with E-state index in [1.165, 1.54) is 43.3 Å². The van der Waals surface area contributed by atoms with Crippen molar-refractivity contribution in [1.82, 2.24) is 10.9 Å². The van der Waals surface area contributed by atoms with Crippen LogP contribution in [0.1, 0.15) is 12.7 Å². The maximum Gasteiger partial charge on any atom is 0.433 e. The Morgan fingerprint density at radius 3 is 2.54 bits per heavy atom. The molecule has 0 spiro atoms. The number of hydrazine groups is 1. The van der Waals surface area contributed by atoms with Crippen molar-refractivity contribution in [2.24, 2.45) is 0 Å². The molecule has 2 N–H and O–H groups in total. The molecule has 0 fully saturated rings. The Kier molecular flexibility index (Phi) is 6.04. The smallest absolute Gasteiger partial charge is 0.433 e. The Balaban J connectivity index is 1.79. The van der Waals surface area contributed by atoms with Crippen LogP contribution in [0.5, 0.6) is 5.75 Å². The Hall–Kier alpha value is -3.69. The van der Waals surface area contributed by atoms with Gasteiger partial charge in [0.25, 0.3) is 11.8 Å². The van der Waals surface area contributed by atoms with Crippen LogP contribution in [-0.2, 0) is 9.59 Å². The maximum absolute atomic E-state index is 12.8. The van der Waals surface area contributed by atoms with Gasteiger partial charge in [-0.15, -0.1) is 0 Å². The molecule has 2 amide bonds. The summed E-state index contributed by atoms with van der Waals surface area (Å²) in [6.07, 6.45) is 1.28.